The van der Waals surface area contributed by atoms with E-state index in [4.69, 9.17) is 14.3 Å². The highest BCUT2D eigenvalue weighted by molar-refractivity contribution is 6.74. The highest BCUT2D eigenvalue weighted by Crippen LogP contribution is 2.51. The fourth-order valence-electron chi connectivity index (χ4n) is 5.63. The molecule has 1 N–H and O–H groups in total. The Labute approximate surface area is 237 Å². The van der Waals surface area contributed by atoms with Crippen molar-refractivity contribution >= 4 is 26.0 Å². The number of hydrogen-bond acceptors (Lipinski definition) is 5. The molecule has 0 heterocycles. The number of Topliss-reactive ketones (excluding diaryl/α,β-unsaturated/α-hetero) is 1. The molecular formula is C32H52O6Si. The van der Waals surface area contributed by atoms with Gasteiger partial charge in [-0.25, -0.2) is 0 Å². The number of carboxylic acids is 1. The van der Waals surface area contributed by atoms with Crippen molar-refractivity contribution in [2.45, 2.75) is 135 Å². The Bertz CT molecular complexity index is 948. The predicted octanol–water partition coefficient (Wildman–Crippen LogP) is 8.36. The standard InChI is InChI=1S/C32H52O6Si/c1-8-9-12-15-27(38-39(6,7)31(2,3)4)25-19-17-24(18-20-25)26-21-22-28(33)32(26,30(36)37-5)23-14-11-10-13-16-29(34)35/h17-20,26-27H,8-16,21-23H2,1-7H3,(H,34,35)/t26-,27-,32?/m0/s1. The monoisotopic (exact) mass is 560 g/mol. The van der Waals surface area contributed by atoms with E-state index in [0.29, 0.717) is 32.1 Å². The van der Waals surface area contributed by atoms with Crippen LogP contribution < -0.4 is 0 Å². The normalized spacial score (nSPS) is 20.7. The van der Waals surface area contributed by atoms with Gasteiger partial charge in [0.25, 0.3) is 0 Å². The van der Waals surface area contributed by atoms with Gasteiger partial charge in [-0.15, -0.1) is 0 Å². The quantitative estimate of drug-likeness (QED) is 0.0945. The van der Waals surface area contributed by atoms with Gasteiger partial charge in [-0.3, -0.25) is 14.4 Å². The third-order valence-electron chi connectivity index (χ3n) is 9.04. The van der Waals surface area contributed by atoms with Crippen LogP contribution in [0.4, 0.5) is 0 Å². The zero-order valence-corrected chi connectivity index (χ0v) is 26.4. The molecule has 2 rings (SSSR count). The van der Waals surface area contributed by atoms with Gasteiger partial charge >= 0.3 is 11.9 Å². The van der Waals surface area contributed by atoms with Crippen molar-refractivity contribution in [3.63, 3.8) is 0 Å². The van der Waals surface area contributed by atoms with Gasteiger partial charge in [0.2, 0.25) is 0 Å². The Morgan fingerprint density at radius 2 is 1.69 bits per heavy atom. The summed E-state index contributed by atoms with van der Waals surface area (Å²) in [6, 6.07) is 8.45. The first-order chi connectivity index (χ1) is 18.3. The Morgan fingerprint density at radius 1 is 1.05 bits per heavy atom. The number of carboxylic acid groups (broad SMARTS) is 1. The van der Waals surface area contributed by atoms with E-state index in [0.717, 1.165) is 43.2 Å². The Kier molecular flexibility index (Phi) is 12.4. The second-order valence-electron chi connectivity index (χ2n) is 12.8. The number of esters is 1. The van der Waals surface area contributed by atoms with Crippen LogP contribution in [0, 0.1) is 5.41 Å². The van der Waals surface area contributed by atoms with Crippen molar-refractivity contribution in [1.82, 2.24) is 0 Å². The molecule has 7 heteroatoms. The van der Waals surface area contributed by atoms with Gasteiger partial charge in [0.15, 0.2) is 14.1 Å². The molecule has 39 heavy (non-hydrogen) atoms. The molecule has 1 saturated carbocycles. The summed E-state index contributed by atoms with van der Waals surface area (Å²) in [6.07, 6.45) is 8.91. The van der Waals surface area contributed by atoms with Gasteiger partial charge in [-0.2, -0.15) is 0 Å². The minimum Gasteiger partial charge on any atom is -0.481 e. The number of hydrogen-bond donors (Lipinski definition) is 1. The average molecular weight is 561 g/mol. The van der Waals surface area contributed by atoms with E-state index in [-0.39, 0.29) is 29.3 Å². The zero-order chi connectivity index (χ0) is 29.3. The van der Waals surface area contributed by atoms with Gasteiger partial charge in [0.1, 0.15) is 5.41 Å². The Balaban J connectivity index is 2.28. The summed E-state index contributed by atoms with van der Waals surface area (Å²) in [6.45, 7) is 13.6. The van der Waals surface area contributed by atoms with Crippen molar-refractivity contribution in [3.05, 3.63) is 35.4 Å². The molecule has 0 aromatic heterocycles. The fourth-order valence-corrected chi connectivity index (χ4v) is 6.95. The Hall–Kier alpha value is -1.99. The van der Waals surface area contributed by atoms with E-state index in [9.17, 15) is 14.4 Å². The number of methoxy groups -OCH3 is 1. The van der Waals surface area contributed by atoms with Crippen molar-refractivity contribution < 1.29 is 28.7 Å². The van der Waals surface area contributed by atoms with Crippen LogP contribution in [0.2, 0.25) is 18.1 Å². The third kappa shape index (κ3) is 8.50. The number of rotatable bonds is 16. The van der Waals surface area contributed by atoms with E-state index >= 15 is 0 Å². The van der Waals surface area contributed by atoms with Crippen LogP contribution in [0.15, 0.2) is 24.3 Å². The number of benzene rings is 1. The maximum Gasteiger partial charge on any atom is 0.319 e. The SMILES string of the molecule is CCCCC[C@H](O[Si](C)(C)C(C)(C)C)c1ccc([C@@H]2CCC(=O)C2(CCCCCCC(=O)O)C(=O)OC)cc1. The summed E-state index contributed by atoms with van der Waals surface area (Å²) < 4.78 is 12.1. The summed E-state index contributed by atoms with van der Waals surface area (Å²) in [5, 5.41) is 8.99. The topological polar surface area (TPSA) is 89.9 Å². The number of carbonyl (C=O) groups excluding carboxylic acids is 2. The van der Waals surface area contributed by atoms with E-state index in [1.807, 2.05) is 0 Å². The van der Waals surface area contributed by atoms with Crippen molar-refractivity contribution in [2.24, 2.45) is 5.41 Å². The van der Waals surface area contributed by atoms with Crippen LogP contribution in [0.25, 0.3) is 0 Å². The molecular weight excluding hydrogens is 508 g/mol. The maximum absolute atomic E-state index is 13.3. The van der Waals surface area contributed by atoms with Crippen LogP contribution in [0.1, 0.15) is 128 Å². The molecule has 220 valence electrons. The molecule has 0 spiro atoms. The number of aliphatic carboxylic acids is 1. The fraction of sp³-hybridized carbons (Fsp3) is 0.719. The van der Waals surface area contributed by atoms with Crippen LogP contribution >= 0.6 is 0 Å². The lowest BCUT2D eigenvalue weighted by molar-refractivity contribution is -0.158. The van der Waals surface area contributed by atoms with Gasteiger partial charge < -0.3 is 14.3 Å². The molecule has 1 fully saturated rings. The van der Waals surface area contributed by atoms with E-state index < -0.39 is 25.7 Å². The maximum atomic E-state index is 13.3. The van der Waals surface area contributed by atoms with Crippen molar-refractivity contribution in [1.29, 1.82) is 0 Å². The molecule has 0 radical (unpaired) electrons. The van der Waals surface area contributed by atoms with Gasteiger partial charge in [0.05, 0.1) is 13.2 Å². The van der Waals surface area contributed by atoms with Crippen LogP contribution in [-0.2, 0) is 23.5 Å². The smallest absolute Gasteiger partial charge is 0.319 e. The first-order valence-corrected chi connectivity index (χ1v) is 17.8. The zero-order valence-electron chi connectivity index (χ0n) is 25.4. The summed E-state index contributed by atoms with van der Waals surface area (Å²) in [5.41, 5.74) is 0.993. The largest absolute Gasteiger partial charge is 0.481 e. The van der Waals surface area contributed by atoms with Gasteiger partial charge in [-0.1, -0.05) is 90.5 Å². The molecule has 0 saturated heterocycles. The molecule has 3 atom stereocenters. The highest BCUT2D eigenvalue weighted by atomic mass is 28.4. The second kappa shape index (κ2) is 14.6. The molecule has 6 nitrogen and oxygen atoms in total. The van der Waals surface area contributed by atoms with Crippen LogP contribution in [0.3, 0.4) is 0 Å². The molecule has 1 aromatic carbocycles. The van der Waals surface area contributed by atoms with E-state index in [1.54, 1.807) is 0 Å². The number of carbonyl (C=O) groups is 3. The minimum absolute atomic E-state index is 0.0346. The third-order valence-corrected chi connectivity index (χ3v) is 13.5. The average Bonchev–Trinajstić information content (AvgIpc) is 3.21. The first-order valence-electron chi connectivity index (χ1n) is 14.9. The summed E-state index contributed by atoms with van der Waals surface area (Å²) >= 11 is 0. The molecule has 0 aliphatic heterocycles. The van der Waals surface area contributed by atoms with Gasteiger partial charge in [0, 0.05) is 18.8 Å². The number of unbranched alkanes of at least 4 members (excludes halogenated alkanes) is 5. The lowest BCUT2D eigenvalue weighted by Crippen LogP contribution is -2.42. The molecule has 1 aromatic rings. The molecule has 0 amide bonds. The molecule has 0 bridgehead atoms. The Morgan fingerprint density at radius 3 is 2.26 bits per heavy atom. The molecule has 1 aliphatic carbocycles. The van der Waals surface area contributed by atoms with Crippen molar-refractivity contribution in [2.75, 3.05) is 7.11 Å². The molecule has 1 aliphatic rings. The number of ether oxygens (including phenoxy) is 1. The van der Waals surface area contributed by atoms with Crippen LogP contribution in [-0.4, -0.2) is 38.3 Å². The van der Waals surface area contributed by atoms with Crippen molar-refractivity contribution in [3.8, 4) is 0 Å². The van der Waals surface area contributed by atoms with Crippen LogP contribution in [0.5, 0.6) is 0 Å². The van der Waals surface area contributed by atoms with Gasteiger partial charge in [-0.05, 0) is 54.9 Å². The van der Waals surface area contributed by atoms with E-state index in [2.05, 4.69) is 65.1 Å². The lowest BCUT2D eigenvalue weighted by atomic mass is 9.70. The number of ketones is 1. The lowest BCUT2D eigenvalue weighted by Gasteiger charge is -2.39. The second-order valence-corrected chi connectivity index (χ2v) is 17.6. The summed E-state index contributed by atoms with van der Waals surface area (Å²) in [4.78, 5) is 37.2. The minimum atomic E-state index is -1.97. The summed E-state index contributed by atoms with van der Waals surface area (Å²) in [5.74, 6) is -1.49. The first kappa shape index (κ1) is 33.2. The van der Waals surface area contributed by atoms with E-state index in [1.165, 1.54) is 13.5 Å². The molecule has 1 unspecified atom stereocenters. The summed E-state index contributed by atoms with van der Waals surface area (Å²) in [7, 11) is -0.609. The highest BCUT2D eigenvalue weighted by Gasteiger charge is 2.56. The predicted molar refractivity (Wildman–Crippen MR) is 158 cm³/mol.